The highest BCUT2D eigenvalue weighted by Gasteiger charge is 2.30. The van der Waals surface area contributed by atoms with Crippen molar-refractivity contribution in [1.29, 1.82) is 0 Å². The topological polar surface area (TPSA) is 66.6 Å². The summed E-state index contributed by atoms with van der Waals surface area (Å²) in [5.74, 6) is 0.602. The Kier molecular flexibility index (Phi) is 4.85. The molecule has 0 bridgehead atoms. The van der Waals surface area contributed by atoms with Crippen molar-refractivity contribution in [3.05, 3.63) is 0 Å². The van der Waals surface area contributed by atoms with Crippen molar-refractivity contribution in [3.8, 4) is 0 Å². The minimum Gasteiger partial charge on any atom is -0.390 e. The second-order valence-electron chi connectivity index (χ2n) is 6.64. The van der Waals surface area contributed by atoms with E-state index in [1.165, 1.54) is 12.8 Å². The maximum Gasteiger partial charge on any atom is 0.222 e. The molecule has 4 heteroatoms. The van der Waals surface area contributed by atoms with Crippen LogP contribution in [0.3, 0.4) is 0 Å². The summed E-state index contributed by atoms with van der Waals surface area (Å²) in [5, 5.41) is 10.1. The van der Waals surface area contributed by atoms with Gasteiger partial charge in [0, 0.05) is 25.6 Å². The minimum atomic E-state index is -0.601. The van der Waals surface area contributed by atoms with Crippen molar-refractivity contribution in [2.24, 2.45) is 11.7 Å². The fraction of sp³-hybridized carbons (Fsp3) is 0.933. The highest BCUT2D eigenvalue weighted by Crippen LogP contribution is 2.27. The number of nitrogens with two attached hydrogens (primary N) is 1. The number of nitrogens with zero attached hydrogens (tertiary/aromatic N) is 1. The van der Waals surface area contributed by atoms with Crippen LogP contribution in [0.25, 0.3) is 0 Å². The Labute approximate surface area is 116 Å². The van der Waals surface area contributed by atoms with Gasteiger partial charge in [-0.3, -0.25) is 4.79 Å². The first-order valence-electron chi connectivity index (χ1n) is 7.74. The number of aliphatic hydroxyl groups is 1. The highest BCUT2D eigenvalue weighted by atomic mass is 16.3. The summed E-state index contributed by atoms with van der Waals surface area (Å²) in [7, 11) is 0. The zero-order valence-corrected chi connectivity index (χ0v) is 12.1. The van der Waals surface area contributed by atoms with Gasteiger partial charge in [-0.15, -0.1) is 0 Å². The zero-order chi connectivity index (χ0) is 13.9. The second kappa shape index (κ2) is 6.23. The lowest BCUT2D eigenvalue weighted by Crippen LogP contribution is -2.39. The Hall–Kier alpha value is -0.610. The summed E-state index contributed by atoms with van der Waals surface area (Å²) in [4.78, 5) is 14.3. The average Bonchev–Trinajstić information content (AvgIpc) is 2.53. The number of carbonyl (C=O) groups is 1. The van der Waals surface area contributed by atoms with E-state index in [9.17, 15) is 9.90 Å². The van der Waals surface area contributed by atoms with Crippen molar-refractivity contribution < 1.29 is 9.90 Å². The molecule has 0 spiro atoms. The van der Waals surface area contributed by atoms with E-state index in [2.05, 4.69) is 0 Å². The van der Waals surface area contributed by atoms with E-state index in [4.69, 9.17) is 5.73 Å². The second-order valence-corrected chi connectivity index (χ2v) is 6.64. The molecule has 4 nitrogen and oxygen atoms in total. The van der Waals surface area contributed by atoms with Crippen molar-refractivity contribution >= 4 is 5.91 Å². The predicted octanol–water partition coefficient (Wildman–Crippen LogP) is 1.66. The lowest BCUT2D eigenvalue weighted by Gasteiger charge is -2.30. The van der Waals surface area contributed by atoms with E-state index in [-0.39, 0.29) is 11.9 Å². The number of amides is 1. The third kappa shape index (κ3) is 4.18. The van der Waals surface area contributed by atoms with Gasteiger partial charge in [0.05, 0.1) is 5.60 Å². The molecule has 3 atom stereocenters. The molecule has 2 rings (SSSR count). The number of likely N-dealkylation sites (tertiary alicyclic amines) is 1. The van der Waals surface area contributed by atoms with Gasteiger partial charge in [0.15, 0.2) is 0 Å². The number of hydrogen-bond acceptors (Lipinski definition) is 3. The van der Waals surface area contributed by atoms with Crippen molar-refractivity contribution in [1.82, 2.24) is 4.90 Å². The lowest BCUT2D eigenvalue weighted by atomic mass is 9.82. The smallest absolute Gasteiger partial charge is 0.222 e. The van der Waals surface area contributed by atoms with Gasteiger partial charge in [0.1, 0.15) is 0 Å². The molecule has 0 aromatic heterocycles. The molecule has 0 aromatic carbocycles. The molecule has 1 aliphatic carbocycles. The average molecular weight is 268 g/mol. The summed E-state index contributed by atoms with van der Waals surface area (Å²) in [5.41, 5.74) is 5.52. The van der Waals surface area contributed by atoms with Gasteiger partial charge in [-0.05, 0) is 44.9 Å². The molecular formula is C15H28N2O2. The minimum absolute atomic E-state index is 0.202. The van der Waals surface area contributed by atoms with E-state index < -0.39 is 5.60 Å². The molecule has 2 fully saturated rings. The van der Waals surface area contributed by atoms with E-state index in [1.807, 2.05) is 11.8 Å². The molecule has 19 heavy (non-hydrogen) atoms. The van der Waals surface area contributed by atoms with Crippen molar-refractivity contribution in [3.63, 3.8) is 0 Å². The fourth-order valence-corrected chi connectivity index (χ4v) is 3.36. The molecule has 1 amide bonds. The van der Waals surface area contributed by atoms with Crippen LogP contribution in [0, 0.1) is 5.92 Å². The maximum atomic E-state index is 12.4. The zero-order valence-electron chi connectivity index (χ0n) is 12.1. The Bertz CT molecular complexity index is 317. The first-order chi connectivity index (χ1) is 8.98. The highest BCUT2D eigenvalue weighted by molar-refractivity contribution is 5.76. The quantitative estimate of drug-likeness (QED) is 0.800. The molecule has 1 saturated heterocycles. The van der Waals surface area contributed by atoms with Crippen LogP contribution in [0.5, 0.6) is 0 Å². The van der Waals surface area contributed by atoms with Crippen LogP contribution in [-0.4, -0.2) is 40.6 Å². The van der Waals surface area contributed by atoms with Gasteiger partial charge in [-0.2, -0.15) is 0 Å². The van der Waals surface area contributed by atoms with Crippen LogP contribution < -0.4 is 5.73 Å². The van der Waals surface area contributed by atoms with Crippen LogP contribution >= 0.6 is 0 Å². The predicted molar refractivity (Wildman–Crippen MR) is 75.6 cm³/mol. The summed E-state index contributed by atoms with van der Waals surface area (Å²) >= 11 is 0. The Morgan fingerprint density at radius 2 is 2.00 bits per heavy atom. The normalized spacial score (nSPS) is 36.9. The Morgan fingerprint density at radius 1 is 1.26 bits per heavy atom. The van der Waals surface area contributed by atoms with Crippen molar-refractivity contribution in [2.45, 2.75) is 69.9 Å². The lowest BCUT2D eigenvalue weighted by molar-refractivity contribution is -0.132. The van der Waals surface area contributed by atoms with Gasteiger partial charge in [0.2, 0.25) is 5.91 Å². The van der Waals surface area contributed by atoms with Crippen molar-refractivity contribution in [2.75, 3.05) is 13.1 Å². The Balaban J connectivity index is 1.85. The Morgan fingerprint density at radius 3 is 2.74 bits per heavy atom. The molecule has 3 unspecified atom stereocenters. The summed E-state index contributed by atoms with van der Waals surface area (Å²) in [6, 6.07) is 0.202. The maximum absolute atomic E-state index is 12.4. The standard InChI is InChI=1S/C15H28N2O2/c1-15(19)7-4-9-17(10-8-15)14(18)11-12-5-2-3-6-13(12)16/h12-13,19H,2-11,16H2,1H3. The number of rotatable bonds is 2. The first-order valence-corrected chi connectivity index (χ1v) is 7.74. The molecule has 0 aromatic rings. The molecule has 1 aliphatic heterocycles. The molecule has 0 radical (unpaired) electrons. The van der Waals surface area contributed by atoms with Crippen LogP contribution in [0.1, 0.15) is 58.3 Å². The molecule has 2 aliphatic rings. The van der Waals surface area contributed by atoms with Gasteiger partial charge in [0.25, 0.3) is 0 Å². The van der Waals surface area contributed by atoms with E-state index in [0.29, 0.717) is 25.3 Å². The molecule has 3 N–H and O–H groups in total. The molecule has 1 heterocycles. The van der Waals surface area contributed by atoms with E-state index in [1.54, 1.807) is 0 Å². The largest absolute Gasteiger partial charge is 0.390 e. The molecular weight excluding hydrogens is 240 g/mol. The fourth-order valence-electron chi connectivity index (χ4n) is 3.36. The van der Waals surface area contributed by atoms with Crippen LogP contribution in [0.4, 0.5) is 0 Å². The van der Waals surface area contributed by atoms with E-state index >= 15 is 0 Å². The van der Waals surface area contributed by atoms with Crippen LogP contribution in [0.2, 0.25) is 0 Å². The summed E-state index contributed by atoms with van der Waals surface area (Å²) in [6.07, 6.45) is 7.55. The van der Waals surface area contributed by atoms with Crippen LogP contribution in [-0.2, 0) is 4.79 Å². The van der Waals surface area contributed by atoms with Gasteiger partial charge >= 0.3 is 0 Å². The molecule has 110 valence electrons. The van der Waals surface area contributed by atoms with Gasteiger partial charge in [-0.25, -0.2) is 0 Å². The third-order valence-electron chi connectivity index (χ3n) is 4.82. The monoisotopic (exact) mass is 268 g/mol. The number of carbonyl (C=O) groups excluding carboxylic acids is 1. The van der Waals surface area contributed by atoms with E-state index in [0.717, 1.165) is 32.2 Å². The van der Waals surface area contributed by atoms with Gasteiger partial charge in [-0.1, -0.05) is 12.8 Å². The van der Waals surface area contributed by atoms with Crippen LogP contribution in [0.15, 0.2) is 0 Å². The summed E-state index contributed by atoms with van der Waals surface area (Å²) in [6.45, 7) is 3.35. The third-order valence-corrected chi connectivity index (χ3v) is 4.82. The number of hydrogen-bond donors (Lipinski definition) is 2. The summed E-state index contributed by atoms with van der Waals surface area (Å²) < 4.78 is 0. The SMILES string of the molecule is CC1(O)CCCN(C(=O)CC2CCCCC2N)CC1. The molecule has 1 saturated carbocycles. The first kappa shape index (κ1) is 14.8. The van der Waals surface area contributed by atoms with Gasteiger partial charge < -0.3 is 15.7 Å².